The largest absolute Gasteiger partial charge is 0.457 e. The Labute approximate surface area is 507 Å². The number of nitrogens with zero attached hydrogens (tertiary/aromatic N) is 3. The van der Waals surface area contributed by atoms with Crippen LogP contribution in [0.3, 0.4) is 0 Å². The first-order valence-corrected chi connectivity index (χ1v) is 30.7. The van der Waals surface area contributed by atoms with Gasteiger partial charge in [0.1, 0.15) is 23.0 Å². The highest BCUT2D eigenvalue weighted by molar-refractivity contribution is 6.45. The molecule has 11 rings (SSSR count). The van der Waals surface area contributed by atoms with Crippen molar-refractivity contribution in [3.05, 3.63) is 166 Å². The Kier molecular flexibility index (Phi) is 14.8. The summed E-state index contributed by atoms with van der Waals surface area (Å²) in [7, 11) is 0. The van der Waals surface area contributed by atoms with Gasteiger partial charge in [-0.15, -0.1) is 0 Å². The first kappa shape index (κ1) is 59.6. The number of fused-ring (bicyclic) bond motifs is 2. The van der Waals surface area contributed by atoms with Gasteiger partial charge >= 0.3 is 0 Å². The van der Waals surface area contributed by atoms with Crippen molar-refractivity contribution in [1.82, 2.24) is 4.90 Å². The summed E-state index contributed by atoms with van der Waals surface area (Å²) in [5.74, 6) is 0.225. The molecule has 2 aliphatic rings. The fraction of sp³-hybridized carbons (Fsp3) is 0.368. The summed E-state index contributed by atoms with van der Waals surface area (Å²) in [6.45, 7) is 34.2. The molecule has 0 spiro atoms. The predicted octanol–water partition coefficient (Wildman–Crippen LogP) is 19.9. The molecule has 2 heterocycles. The van der Waals surface area contributed by atoms with Gasteiger partial charge in [-0.2, -0.15) is 0 Å². The second-order valence-electron chi connectivity index (χ2n) is 29.1. The third kappa shape index (κ3) is 10.7. The van der Waals surface area contributed by atoms with Crippen LogP contribution in [0.15, 0.2) is 121 Å². The Morgan fingerprint density at radius 2 is 0.779 bits per heavy atom. The van der Waals surface area contributed by atoms with E-state index < -0.39 is 17.4 Å². The summed E-state index contributed by atoms with van der Waals surface area (Å²) >= 11 is 0. The summed E-state index contributed by atoms with van der Waals surface area (Å²) in [5, 5.41) is 18.9. The van der Waals surface area contributed by atoms with Gasteiger partial charge in [0.2, 0.25) is 0 Å². The van der Waals surface area contributed by atoms with Gasteiger partial charge in [-0.05, 0) is 166 Å². The van der Waals surface area contributed by atoms with Crippen LogP contribution < -0.4 is 19.4 Å². The van der Waals surface area contributed by atoms with Gasteiger partial charge in [-0.1, -0.05) is 176 Å². The molecule has 86 heavy (non-hydrogen) atoms. The minimum absolute atomic E-state index is 0.241. The number of anilines is 2. The number of carbonyl (C=O) groups excluding carboxylic acids is 4. The predicted molar refractivity (Wildman–Crippen MR) is 350 cm³/mol. The summed E-state index contributed by atoms with van der Waals surface area (Å²) in [5.41, 5.74) is 6.76. The smallest absolute Gasteiger partial charge is 0.266 e. The van der Waals surface area contributed by atoms with Crippen LogP contribution in [0.5, 0.6) is 23.0 Å². The van der Waals surface area contributed by atoms with Crippen LogP contribution in [0.2, 0.25) is 0 Å². The van der Waals surface area contributed by atoms with Crippen LogP contribution in [0, 0.1) is 0 Å². The summed E-state index contributed by atoms with van der Waals surface area (Å²) < 4.78 is 14.7. The molecule has 9 aromatic carbocycles. The highest BCUT2D eigenvalue weighted by Gasteiger charge is 2.40. The van der Waals surface area contributed by atoms with E-state index in [1.165, 1.54) is 9.80 Å². The SMILES string of the molecule is CCCCCCCCN1C(=O)c2ccc3c4c(Oc5cc(C(C)(C)C)cc(C(C)(C)C)c5)cc5c6c(ccc(c7c(Oc8cc(C(C)(C)C)cc(C(C)(C)C)c8)cc(c2c37)C1=O)c64)C(=O)N(c1ccc(-c2ccc(N([O])C(C)(C)C)cc2)cc1)C5=O. The van der Waals surface area contributed by atoms with Gasteiger partial charge in [0, 0.05) is 50.0 Å². The second-order valence-corrected chi connectivity index (χ2v) is 29.1. The van der Waals surface area contributed by atoms with E-state index in [1.54, 1.807) is 36.4 Å². The average molecular weight is 1150 g/mol. The minimum Gasteiger partial charge on any atom is -0.457 e. The van der Waals surface area contributed by atoms with Crippen molar-refractivity contribution in [3.63, 3.8) is 0 Å². The van der Waals surface area contributed by atoms with Crippen LogP contribution in [-0.2, 0) is 26.9 Å². The molecule has 0 saturated carbocycles. The molecule has 0 unspecified atom stereocenters. The maximum atomic E-state index is 15.7. The summed E-state index contributed by atoms with van der Waals surface area (Å²) in [6, 6.07) is 38.6. The van der Waals surface area contributed by atoms with E-state index in [9.17, 15) is 10.0 Å². The van der Waals surface area contributed by atoms with Gasteiger partial charge in [0.25, 0.3) is 23.6 Å². The average Bonchev–Trinajstić information content (AvgIpc) is 0.687. The van der Waals surface area contributed by atoms with E-state index in [0.29, 0.717) is 107 Å². The molecule has 4 amide bonds. The maximum absolute atomic E-state index is 15.7. The van der Waals surface area contributed by atoms with Crippen molar-refractivity contribution in [1.29, 1.82) is 0 Å². The molecule has 10 nitrogen and oxygen atoms in total. The Morgan fingerprint density at radius 1 is 0.395 bits per heavy atom. The zero-order valence-corrected chi connectivity index (χ0v) is 53.2. The molecule has 0 aromatic heterocycles. The zero-order valence-electron chi connectivity index (χ0n) is 53.2. The Hall–Kier alpha value is -8.08. The number of unbranched alkanes of at least 4 members (excludes halogenated alkanes) is 5. The molecular weight excluding hydrogens is 1070 g/mol. The fourth-order valence-electron chi connectivity index (χ4n) is 12.4. The van der Waals surface area contributed by atoms with E-state index in [2.05, 4.69) is 126 Å². The molecule has 0 N–H and O–H groups in total. The number of benzene rings is 9. The van der Waals surface area contributed by atoms with Crippen molar-refractivity contribution in [2.75, 3.05) is 16.5 Å². The number of ether oxygens (including phenoxy) is 2. The van der Waals surface area contributed by atoms with Gasteiger partial charge in [-0.25, -0.2) is 9.96 Å². The topological polar surface area (TPSA) is 116 Å². The summed E-state index contributed by atoms with van der Waals surface area (Å²) in [6.07, 6.45) is 6.01. The fourth-order valence-corrected chi connectivity index (χ4v) is 12.4. The zero-order chi connectivity index (χ0) is 61.9. The number of carbonyl (C=O) groups is 4. The number of hydroxylamine groups is 1. The van der Waals surface area contributed by atoms with Crippen LogP contribution in [0.4, 0.5) is 11.4 Å². The second kappa shape index (κ2) is 21.4. The van der Waals surface area contributed by atoms with Gasteiger partial charge in [-0.3, -0.25) is 24.1 Å². The number of amides is 4. The van der Waals surface area contributed by atoms with Crippen molar-refractivity contribution in [2.24, 2.45) is 0 Å². The summed E-state index contributed by atoms with van der Waals surface area (Å²) in [4.78, 5) is 64.1. The number of hydrogen-bond donors (Lipinski definition) is 0. The van der Waals surface area contributed by atoms with E-state index in [4.69, 9.17) is 9.47 Å². The lowest BCUT2D eigenvalue weighted by molar-refractivity contribution is 0.0606. The van der Waals surface area contributed by atoms with Gasteiger partial charge in [0.15, 0.2) is 0 Å². The Balaban J connectivity index is 1.17. The maximum Gasteiger partial charge on any atom is 0.266 e. The highest BCUT2D eigenvalue weighted by atomic mass is 16.5. The molecule has 0 fully saturated rings. The van der Waals surface area contributed by atoms with E-state index in [1.807, 2.05) is 69.3 Å². The standard InChI is InChI=1S/C76H82N3O7/c1-17-18-19-20-21-22-35-77-68(80)56-33-31-54-65-61(86-53-40-48(74(8,9)10)37-49(41-53)75(11,12)13)43-59-63-57(70(82)78(71(59)83)50-27-23-44(24-28-50)45-25-29-51(30-26-45)79(84)76(14,15)16)34-32-55(67(63)65)64-60(42-58(69(77)81)62(56)66(54)64)85-52-38-46(72(2,3)4)36-47(39-52)73(5,6)7/h23-34,36-43H,17-22,35H2,1-16H3. The first-order chi connectivity index (χ1) is 40.3. The third-order valence-corrected chi connectivity index (χ3v) is 17.5. The lowest BCUT2D eigenvalue weighted by Gasteiger charge is -2.32. The molecule has 443 valence electrons. The van der Waals surface area contributed by atoms with Crippen LogP contribution in [-0.4, -0.2) is 40.6 Å². The molecule has 0 bridgehead atoms. The molecule has 0 saturated heterocycles. The Bertz CT molecular complexity index is 4150. The van der Waals surface area contributed by atoms with Crippen LogP contribution in [0.1, 0.15) is 213 Å². The molecule has 0 aliphatic carbocycles. The van der Waals surface area contributed by atoms with Crippen LogP contribution in [0.25, 0.3) is 54.2 Å². The molecule has 9 aromatic rings. The molecule has 2 aliphatic heterocycles. The van der Waals surface area contributed by atoms with Crippen LogP contribution >= 0.6 is 0 Å². The molecule has 10 heteroatoms. The number of imide groups is 2. The monoisotopic (exact) mass is 1150 g/mol. The van der Waals surface area contributed by atoms with Crippen molar-refractivity contribution < 1.29 is 33.9 Å². The number of hydrogen-bond acceptors (Lipinski definition) is 7. The van der Waals surface area contributed by atoms with E-state index in [0.717, 1.165) is 70.5 Å². The quantitative estimate of drug-likeness (QED) is 0.0350. The minimum atomic E-state index is -0.607. The third-order valence-electron chi connectivity index (χ3n) is 17.5. The van der Waals surface area contributed by atoms with Crippen molar-refractivity contribution in [2.45, 2.75) is 177 Å². The highest BCUT2D eigenvalue weighted by Crippen LogP contribution is 2.54. The molecular formula is C76H82N3O7. The van der Waals surface area contributed by atoms with E-state index >= 15 is 14.4 Å². The molecule has 0 atom stereocenters. The normalized spacial score (nSPS) is 14.2. The van der Waals surface area contributed by atoms with Gasteiger partial charge < -0.3 is 9.47 Å². The van der Waals surface area contributed by atoms with Crippen molar-refractivity contribution in [3.8, 4) is 34.1 Å². The molecule has 1 radical (unpaired) electrons. The van der Waals surface area contributed by atoms with E-state index in [-0.39, 0.29) is 39.0 Å². The van der Waals surface area contributed by atoms with Crippen molar-refractivity contribution >= 4 is 78.1 Å². The number of rotatable bonds is 14. The van der Waals surface area contributed by atoms with Gasteiger partial charge in [0.05, 0.1) is 28.0 Å². The Morgan fingerprint density at radius 3 is 1.21 bits per heavy atom. The lowest BCUT2D eigenvalue weighted by Crippen LogP contribution is -2.41. The lowest BCUT2D eigenvalue weighted by atomic mass is 9.80. The first-order valence-electron chi connectivity index (χ1n) is 30.7.